The fraction of sp³-hybridized carbons (Fsp3) is 0.882. The Bertz CT molecular complexity index is 408. The third kappa shape index (κ3) is 2.24. The van der Waals surface area contributed by atoms with Gasteiger partial charge in [0, 0.05) is 13.0 Å². The maximum Gasteiger partial charge on any atom is 0.100 e. The molecule has 3 rings (SSSR count). The molecule has 0 aromatic rings. The summed E-state index contributed by atoms with van der Waals surface area (Å²) in [5, 5.41) is 0. The van der Waals surface area contributed by atoms with E-state index in [1.165, 1.54) is 12.0 Å². The van der Waals surface area contributed by atoms with E-state index in [2.05, 4.69) is 33.8 Å². The molecule has 0 aromatic heterocycles. The lowest BCUT2D eigenvalue weighted by molar-refractivity contribution is -0.0776. The van der Waals surface area contributed by atoms with Crippen molar-refractivity contribution in [1.82, 2.24) is 0 Å². The highest BCUT2D eigenvalue weighted by molar-refractivity contribution is 5.20. The lowest BCUT2D eigenvalue weighted by atomic mass is 9.66. The summed E-state index contributed by atoms with van der Waals surface area (Å²) >= 11 is 0. The topological polar surface area (TPSA) is 34.3 Å². The highest BCUT2D eigenvalue weighted by Gasteiger charge is 2.71. The standard InChI is InChI=1S/C17H28O3/c1-11(2)6-7-13-16(4,20-13)15-14(18-5)12(3)8-9-17(15)10-19-17/h6,12-15H,7-10H2,1-5H3. The normalized spacial score (nSPS) is 50.0. The highest BCUT2D eigenvalue weighted by Crippen LogP contribution is 2.60. The summed E-state index contributed by atoms with van der Waals surface area (Å²) in [6.45, 7) is 9.73. The number of epoxide rings is 2. The van der Waals surface area contributed by atoms with Crippen LogP contribution < -0.4 is 0 Å². The van der Waals surface area contributed by atoms with Gasteiger partial charge in [-0.15, -0.1) is 0 Å². The fourth-order valence-electron chi connectivity index (χ4n) is 4.22. The second-order valence-corrected chi connectivity index (χ2v) is 7.35. The molecule has 0 bridgehead atoms. The predicted molar refractivity (Wildman–Crippen MR) is 78.7 cm³/mol. The van der Waals surface area contributed by atoms with Gasteiger partial charge < -0.3 is 14.2 Å². The smallest absolute Gasteiger partial charge is 0.100 e. The first-order valence-electron chi connectivity index (χ1n) is 7.91. The highest BCUT2D eigenvalue weighted by atomic mass is 16.6. The Morgan fingerprint density at radius 3 is 2.65 bits per heavy atom. The van der Waals surface area contributed by atoms with Crippen LogP contribution in [0, 0.1) is 11.8 Å². The van der Waals surface area contributed by atoms with E-state index < -0.39 is 0 Å². The third-order valence-electron chi connectivity index (χ3n) is 5.60. The molecule has 1 saturated carbocycles. The van der Waals surface area contributed by atoms with Gasteiger partial charge >= 0.3 is 0 Å². The summed E-state index contributed by atoms with van der Waals surface area (Å²) in [5.41, 5.74) is 1.33. The summed E-state index contributed by atoms with van der Waals surface area (Å²) in [5.74, 6) is 0.962. The van der Waals surface area contributed by atoms with Gasteiger partial charge in [0.15, 0.2) is 0 Å². The quantitative estimate of drug-likeness (QED) is 0.585. The zero-order valence-electron chi connectivity index (χ0n) is 13.4. The summed E-state index contributed by atoms with van der Waals surface area (Å²) in [6.07, 6.45) is 6.23. The molecule has 2 heterocycles. The van der Waals surface area contributed by atoms with Crippen molar-refractivity contribution in [2.24, 2.45) is 11.8 Å². The van der Waals surface area contributed by atoms with Crippen molar-refractivity contribution in [1.29, 1.82) is 0 Å². The third-order valence-corrected chi connectivity index (χ3v) is 5.60. The zero-order chi connectivity index (χ0) is 14.5. The molecule has 2 aliphatic heterocycles. The van der Waals surface area contributed by atoms with E-state index in [1.807, 2.05) is 7.11 Å². The maximum atomic E-state index is 6.15. The number of methoxy groups -OCH3 is 1. The molecular weight excluding hydrogens is 252 g/mol. The summed E-state index contributed by atoms with van der Waals surface area (Å²) < 4.78 is 17.9. The average molecular weight is 280 g/mol. The maximum absolute atomic E-state index is 6.15. The largest absolute Gasteiger partial charge is 0.381 e. The molecule has 3 heteroatoms. The Morgan fingerprint density at radius 1 is 1.40 bits per heavy atom. The van der Waals surface area contributed by atoms with Crippen molar-refractivity contribution in [2.45, 2.75) is 70.4 Å². The Balaban J connectivity index is 1.78. The van der Waals surface area contributed by atoms with E-state index in [0.717, 1.165) is 19.4 Å². The summed E-state index contributed by atoms with van der Waals surface area (Å²) in [4.78, 5) is 0. The van der Waals surface area contributed by atoms with E-state index >= 15 is 0 Å². The number of ether oxygens (including phenoxy) is 3. The van der Waals surface area contributed by atoms with Crippen LogP contribution in [0.2, 0.25) is 0 Å². The van der Waals surface area contributed by atoms with Gasteiger partial charge in [0.2, 0.25) is 0 Å². The molecule has 114 valence electrons. The lowest BCUT2D eigenvalue weighted by Gasteiger charge is -2.42. The minimum Gasteiger partial charge on any atom is -0.381 e. The molecule has 3 nitrogen and oxygen atoms in total. The molecule has 0 aromatic carbocycles. The molecule has 2 saturated heterocycles. The van der Waals surface area contributed by atoms with Crippen molar-refractivity contribution >= 4 is 0 Å². The molecular formula is C17H28O3. The van der Waals surface area contributed by atoms with Crippen LogP contribution in [0.1, 0.15) is 47.0 Å². The van der Waals surface area contributed by atoms with E-state index in [4.69, 9.17) is 14.2 Å². The van der Waals surface area contributed by atoms with Gasteiger partial charge in [-0.1, -0.05) is 18.6 Å². The van der Waals surface area contributed by atoms with Gasteiger partial charge in [-0.2, -0.15) is 0 Å². The van der Waals surface area contributed by atoms with Crippen molar-refractivity contribution < 1.29 is 14.2 Å². The second kappa shape index (κ2) is 4.82. The van der Waals surface area contributed by atoms with E-state index in [0.29, 0.717) is 17.9 Å². The molecule has 0 radical (unpaired) electrons. The Kier molecular flexibility index (Phi) is 3.51. The minimum atomic E-state index is -0.0716. The predicted octanol–water partition coefficient (Wildman–Crippen LogP) is 3.33. The van der Waals surface area contributed by atoms with Crippen LogP contribution in [-0.4, -0.2) is 37.1 Å². The van der Waals surface area contributed by atoms with Crippen LogP contribution in [0.25, 0.3) is 0 Å². The molecule has 20 heavy (non-hydrogen) atoms. The van der Waals surface area contributed by atoms with Crippen LogP contribution >= 0.6 is 0 Å². The van der Waals surface area contributed by atoms with Gasteiger partial charge in [-0.05, 0) is 46.0 Å². The Labute approximate surface area is 122 Å². The average Bonchev–Trinajstić information content (AvgIpc) is 3.29. The van der Waals surface area contributed by atoms with Crippen LogP contribution in [0.5, 0.6) is 0 Å². The van der Waals surface area contributed by atoms with E-state index in [1.54, 1.807) is 0 Å². The molecule has 1 aliphatic carbocycles. The van der Waals surface area contributed by atoms with Crippen LogP contribution in [-0.2, 0) is 14.2 Å². The number of hydrogen-bond donors (Lipinski definition) is 0. The van der Waals surface area contributed by atoms with Gasteiger partial charge in [0.25, 0.3) is 0 Å². The molecule has 6 unspecified atom stereocenters. The molecule has 0 amide bonds. The van der Waals surface area contributed by atoms with Gasteiger partial charge in [-0.25, -0.2) is 0 Å². The number of hydrogen-bond acceptors (Lipinski definition) is 3. The first-order chi connectivity index (χ1) is 9.43. The molecule has 3 fully saturated rings. The van der Waals surface area contributed by atoms with Gasteiger partial charge in [0.05, 0.1) is 24.4 Å². The molecule has 3 aliphatic rings. The first-order valence-corrected chi connectivity index (χ1v) is 7.91. The van der Waals surface area contributed by atoms with Crippen LogP contribution in [0.15, 0.2) is 11.6 Å². The molecule has 0 N–H and O–H groups in total. The van der Waals surface area contributed by atoms with Crippen LogP contribution in [0.4, 0.5) is 0 Å². The summed E-state index contributed by atoms with van der Waals surface area (Å²) in [6, 6.07) is 0. The number of allylic oxidation sites excluding steroid dienone is 1. The van der Waals surface area contributed by atoms with Crippen molar-refractivity contribution in [2.75, 3.05) is 13.7 Å². The van der Waals surface area contributed by atoms with Crippen LogP contribution in [0.3, 0.4) is 0 Å². The van der Waals surface area contributed by atoms with Crippen molar-refractivity contribution in [3.05, 3.63) is 11.6 Å². The fourth-order valence-corrected chi connectivity index (χ4v) is 4.22. The van der Waals surface area contributed by atoms with Gasteiger partial charge in [-0.3, -0.25) is 0 Å². The van der Waals surface area contributed by atoms with E-state index in [-0.39, 0.29) is 17.3 Å². The zero-order valence-corrected chi connectivity index (χ0v) is 13.4. The molecule has 1 spiro atoms. The SMILES string of the molecule is COC1C(C)CCC2(CO2)C1C1(C)OC1CC=C(C)C. The van der Waals surface area contributed by atoms with E-state index in [9.17, 15) is 0 Å². The Hall–Kier alpha value is -0.380. The van der Waals surface area contributed by atoms with Gasteiger partial charge in [0.1, 0.15) is 5.60 Å². The monoisotopic (exact) mass is 280 g/mol. The number of rotatable bonds is 4. The minimum absolute atomic E-state index is 0.0433. The Morgan fingerprint density at radius 2 is 2.10 bits per heavy atom. The second-order valence-electron chi connectivity index (χ2n) is 7.35. The van der Waals surface area contributed by atoms with Crippen molar-refractivity contribution in [3.8, 4) is 0 Å². The molecule has 6 atom stereocenters. The lowest BCUT2D eigenvalue weighted by Crippen LogP contribution is -2.51. The summed E-state index contributed by atoms with van der Waals surface area (Å²) in [7, 11) is 1.84. The van der Waals surface area contributed by atoms with Crippen molar-refractivity contribution in [3.63, 3.8) is 0 Å². The first kappa shape index (κ1) is 14.6.